The summed E-state index contributed by atoms with van der Waals surface area (Å²) in [6.45, 7) is 2.23. The van der Waals surface area contributed by atoms with E-state index < -0.39 is 10.0 Å². The minimum Gasteiger partial charge on any atom is -0.496 e. The molecule has 0 fully saturated rings. The zero-order chi connectivity index (χ0) is 15.5. The van der Waals surface area contributed by atoms with E-state index in [2.05, 4.69) is 4.98 Å². The fourth-order valence-electron chi connectivity index (χ4n) is 1.94. The Morgan fingerprint density at radius 1 is 1.38 bits per heavy atom. The second-order valence-corrected chi connectivity index (χ2v) is 7.66. The van der Waals surface area contributed by atoms with Gasteiger partial charge in [-0.2, -0.15) is 0 Å². The molecule has 0 saturated heterocycles. The predicted molar refractivity (Wildman–Crippen MR) is 83.4 cm³/mol. The van der Waals surface area contributed by atoms with Crippen molar-refractivity contribution in [3.63, 3.8) is 0 Å². The molecule has 0 spiro atoms. The molecule has 1 heterocycles. The Bertz CT molecular complexity index is 697. The summed E-state index contributed by atoms with van der Waals surface area (Å²) in [6.07, 6.45) is 2.34. The van der Waals surface area contributed by atoms with Crippen LogP contribution in [-0.4, -0.2) is 38.4 Å². The lowest BCUT2D eigenvalue weighted by atomic mass is 10.2. The highest BCUT2D eigenvalue weighted by molar-refractivity contribution is 7.89. The molecule has 114 valence electrons. The number of aromatic nitrogens is 1. The van der Waals surface area contributed by atoms with Crippen LogP contribution in [0.3, 0.4) is 0 Å². The number of ether oxygens (including phenoxy) is 1. The topological polar surface area (TPSA) is 59.5 Å². The number of aryl methyl sites for hydroxylation is 1. The Hall–Kier alpha value is -1.44. The van der Waals surface area contributed by atoms with Crippen molar-refractivity contribution in [2.75, 3.05) is 20.7 Å². The van der Waals surface area contributed by atoms with E-state index in [1.165, 1.54) is 15.6 Å². The molecule has 5 nitrogen and oxygen atoms in total. The van der Waals surface area contributed by atoms with Gasteiger partial charge in [-0.1, -0.05) is 0 Å². The number of rotatable bonds is 6. The van der Waals surface area contributed by atoms with E-state index in [-0.39, 0.29) is 4.90 Å². The number of hydrogen-bond acceptors (Lipinski definition) is 5. The van der Waals surface area contributed by atoms with Gasteiger partial charge in [0.2, 0.25) is 10.0 Å². The van der Waals surface area contributed by atoms with Gasteiger partial charge in [-0.25, -0.2) is 17.7 Å². The normalized spacial score (nSPS) is 11.8. The summed E-state index contributed by atoms with van der Waals surface area (Å²) in [7, 11) is -0.333. The lowest BCUT2D eigenvalue weighted by Crippen LogP contribution is -2.29. The Morgan fingerprint density at radius 3 is 2.71 bits per heavy atom. The van der Waals surface area contributed by atoms with Gasteiger partial charge in [-0.3, -0.25) is 0 Å². The van der Waals surface area contributed by atoms with Gasteiger partial charge in [-0.15, -0.1) is 11.3 Å². The van der Waals surface area contributed by atoms with Crippen LogP contribution in [0.4, 0.5) is 0 Å². The third kappa shape index (κ3) is 3.61. The molecule has 0 aliphatic rings. The zero-order valence-electron chi connectivity index (χ0n) is 12.2. The Morgan fingerprint density at radius 2 is 2.14 bits per heavy atom. The molecule has 0 radical (unpaired) electrons. The summed E-state index contributed by atoms with van der Waals surface area (Å²) in [6, 6.07) is 4.88. The maximum atomic E-state index is 12.5. The Balaban J connectivity index is 2.14. The molecule has 0 atom stereocenters. The van der Waals surface area contributed by atoms with Gasteiger partial charge in [0.1, 0.15) is 5.75 Å². The number of nitrogens with zero attached hydrogens (tertiary/aromatic N) is 2. The highest BCUT2D eigenvalue weighted by Crippen LogP contribution is 2.23. The molecule has 0 N–H and O–H groups in total. The van der Waals surface area contributed by atoms with Crippen molar-refractivity contribution < 1.29 is 13.2 Å². The molecule has 1 aromatic heterocycles. The standard InChI is InChI=1S/C14H18N2O3S2/c1-11-10-12(4-5-13(11)19-3)21(17,18)16(2)8-6-14-15-7-9-20-14/h4-5,7,9-10H,6,8H2,1-3H3. The molecule has 0 amide bonds. The van der Waals surface area contributed by atoms with E-state index in [1.54, 1.807) is 38.6 Å². The second kappa shape index (κ2) is 6.55. The first-order valence-corrected chi connectivity index (χ1v) is 8.76. The van der Waals surface area contributed by atoms with Crippen LogP contribution in [0.5, 0.6) is 5.75 Å². The van der Waals surface area contributed by atoms with Crippen molar-refractivity contribution in [3.05, 3.63) is 40.3 Å². The van der Waals surface area contributed by atoms with Crippen LogP contribution in [0.25, 0.3) is 0 Å². The highest BCUT2D eigenvalue weighted by Gasteiger charge is 2.21. The van der Waals surface area contributed by atoms with Crippen molar-refractivity contribution in [2.45, 2.75) is 18.2 Å². The average molecular weight is 326 g/mol. The van der Waals surface area contributed by atoms with Crippen molar-refractivity contribution in [2.24, 2.45) is 0 Å². The van der Waals surface area contributed by atoms with E-state index in [0.29, 0.717) is 18.7 Å². The van der Waals surface area contributed by atoms with Crippen LogP contribution >= 0.6 is 11.3 Å². The van der Waals surface area contributed by atoms with Gasteiger partial charge in [-0.05, 0) is 30.7 Å². The minimum absolute atomic E-state index is 0.280. The van der Waals surface area contributed by atoms with Crippen LogP contribution in [0.2, 0.25) is 0 Å². The van der Waals surface area contributed by atoms with E-state index >= 15 is 0 Å². The van der Waals surface area contributed by atoms with Crippen LogP contribution in [-0.2, 0) is 16.4 Å². The largest absolute Gasteiger partial charge is 0.496 e. The fraction of sp³-hybridized carbons (Fsp3) is 0.357. The van der Waals surface area contributed by atoms with E-state index in [0.717, 1.165) is 10.6 Å². The summed E-state index contributed by atoms with van der Waals surface area (Å²) >= 11 is 1.53. The van der Waals surface area contributed by atoms with E-state index in [1.807, 2.05) is 12.3 Å². The van der Waals surface area contributed by atoms with E-state index in [4.69, 9.17) is 4.74 Å². The molecule has 1 aromatic carbocycles. The molecule has 2 rings (SSSR count). The van der Waals surface area contributed by atoms with Crippen LogP contribution in [0.15, 0.2) is 34.7 Å². The number of methoxy groups -OCH3 is 1. The average Bonchev–Trinajstić information content (AvgIpc) is 2.97. The summed E-state index contributed by atoms with van der Waals surface area (Å²) in [5.74, 6) is 0.680. The first-order valence-electron chi connectivity index (χ1n) is 6.44. The lowest BCUT2D eigenvalue weighted by Gasteiger charge is -2.17. The molecule has 2 aromatic rings. The fourth-order valence-corrected chi connectivity index (χ4v) is 3.81. The van der Waals surface area contributed by atoms with Crippen molar-refractivity contribution >= 4 is 21.4 Å². The van der Waals surface area contributed by atoms with Gasteiger partial charge >= 0.3 is 0 Å². The number of hydrogen-bond donors (Lipinski definition) is 0. The van der Waals surface area contributed by atoms with E-state index in [9.17, 15) is 8.42 Å². The molecular weight excluding hydrogens is 308 g/mol. The first-order chi connectivity index (χ1) is 9.95. The Labute approximate surface area is 129 Å². The lowest BCUT2D eigenvalue weighted by molar-refractivity contribution is 0.411. The SMILES string of the molecule is COc1ccc(S(=O)(=O)N(C)CCc2nccs2)cc1C. The number of sulfonamides is 1. The second-order valence-electron chi connectivity index (χ2n) is 4.63. The number of benzene rings is 1. The van der Waals surface area contributed by atoms with Crippen LogP contribution in [0.1, 0.15) is 10.6 Å². The maximum Gasteiger partial charge on any atom is 0.242 e. The molecular formula is C14H18N2O3S2. The third-order valence-corrected chi connectivity index (χ3v) is 5.89. The molecule has 0 saturated carbocycles. The summed E-state index contributed by atoms with van der Waals surface area (Å²) in [5, 5.41) is 2.82. The van der Waals surface area contributed by atoms with Crippen molar-refractivity contribution in [1.29, 1.82) is 0 Å². The van der Waals surface area contributed by atoms with Gasteiger partial charge in [0, 0.05) is 31.6 Å². The first kappa shape index (κ1) is 15.9. The van der Waals surface area contributed by atoms with Crippen LogP contribution < -0.4 is 4.74 Å². The molecule has 0 unspecified atom stereocenters. The summed E-state index contributed by atoms with van der Waals surface area (Å²) in [4.78, 5) is 4.44. The number of thiazole rings is 1. The van der Waals surface area contributed by atoms with Gasteiger partial charge in [0.15, 0.2) is 0 Å². The number of likely N-dealkylation sites (N-methyl/N-ethyl adjacent to an activating group) is 1. The zero-order valence-corrected chi connectivity index (χ0v) is 13.9. The smallest absolute Gasteiger partial charge is 0.242 e. The molecule has 0 aliphatic carbocycles. The third-order valence-electron chi connectivity index (χ3n) is 3.20. The monoisotopic (exact) mass is 326 g/mol. The van der Waals surface area contributed by atoms with Crippen molar-refractivity contribution in [3.8, 4) is 5.75 Å². The molecule has 0 bridgehead atoms. The van der Waals surface area contributed by atoms with Gasteiger partial charge < -0.3 is 4.74 Å². The van der Waals surface area contributed by atoms with Crippen molar-refractivity contribution in [1.82, 2.24) is 9.29 Å². The molecule has 21 heavy (non-hydrogen) atoms. The Kier molecular flexibility index (Phi) is 4.97. The summed E-state index contributed by atoms with van der Waals surface area (Å²) < 4.78 is 31.5. The van der Waals surface area contributed by atoms with Crippen LogP contribution in [0, 0.1) is 6.92 Å². The predicted octanol–water partition coefficient (Wildman–Crippen LogP) is 2.32. The highest BCUT2D eigenvalue weighted by atomic mass is 32.2. The quantitative estimate of drug-likeness (QED) is 0.817. The maximum absolute atomic E-state index is 12.5. The summed E-state index contributed by atoms with van der Waals surface area (Å²) in [5.41, 5.74) is 0.798. The van der Waals surface area contributed by atoms with Gasteiger partial charge in [0.05, 0.1) is 17.0 Å². The minimum atomic E-state index is -3.49. The molecule has 7 heteroatoms. The molecule has 0 aliphatic heterocycles. The van der Waals surface area contributed by atoms with Gasteiger partial charge in [0.25, 0.3) is 0 Å².